The van der Waals surface area contributed by atoms with Gasteiger partial charge in [-0.25, -0.2) is 9.97 Å². The number of nitrogens with zero attached hydrogens (tertiary/aromatic N) is 3. The minimum atomic E-state index is -0.324. The van der Waals surface area contributed by atoms with Crippen molar-refractivity contribution in [3.05, 3.63) is 53.0 Å². The van der Waals surface area contributed by atoms with Crippen LogP contribution in [0.1, 0.15) is 29.1 Å². The molecule has 1 aliphatic heterocycles. The molecule has 2 N–H and O–H groups in total. The lowest BCUT2D eigenvalue weighted by Gasteiger charge is -2.31. The standard InChI is InChI=1S/C22H27N5OS/c1-14-12-15(2)24-22(23-14)26-19(9-11-29-3)21(28)27-10-8-17-16-6-4-5-7-18(16)25-20(17)13-27/h4-7,12,19,25H,8-11,13H2,1-3H3,(H,23,24,26). The Morgan fingerprint density at radius 3 is 2.79 bits per heavy atom. The van der Waals surface area contributed by atoms with Crippen molar-refractivity contribution in [1.82, 2.24) is 19.9 Å². The fraction of sp³-hybridized carbons (Fsp3) is 0.409. The molecular weight excluding hydrogens is 382 g/mol. The number of aryl methyl sites for hydroxylation is 2. The lowest BCUT2D eigenvalue weighted by atomic mass is 10.0. The molecule has 0 saturated heterocycles. The van der Waals surface area contributed by atoms with Gasteiger partial charge >= 0.3 is 0 Å². The van der Waals surface area contributed by atoms with Gasteiger partial charge in [0.15, 0.2) is 0 Å². The van der Waals surface area contributed by atoms with Gasteiger partial charge in [0.1, 0.15) is 6.04 Å². The summed E-state index contributed by atoms with van der Waals surface area (Å²) < 4.78 is 0. The number of anilines is 1. The van der Waals surface area contributed by atoms with Gasteiger partial charge in [-0.15, -0.1) is 0 Å². The third-order valence-corrected chi connectivity index (χ3v) is 6.03. The number of carbonyl (C=O) groups is 1. The van der Waals surface area contributed by atoms with E-state index < -0.39 is 0 Å². The van der Waals surface area contributed by atoms with Crippen LogP contribution in [-0.2, 0) is 17.8 Å². The summed E-state index contributed by atoms with van der Waals surface area (Å²) in [4.78, 5) is 27.8. The molecule has 7 heteroatoms. The van der Waals surface area contributed by atoms with Crippen LogP contribution >= 0.6 is 11.8 Å². The predicted molar refractivity (Wildman–Crippen MR) is 119 cm³/mol. The molecule has 1 atom stereocenters. The van der Waals surface area contributed by atoms with Crippen LogP contribution in [0, 0.1) is 13.8 Å². The van der Waals surface area contributed by atoms with Crippen LogP contribution in [0.25, 0.3) is 10.9 Å². The number of nitrogens with one attached hydrogen (secondary N) is 2. The molecular formula is C22H27N5OS. The smallest absolute Gasteiger partial charge is 0.245 e. The number of rotatable bonds is 6. The summed E-state index contributed by atoms with van der Waals surface area (Å²) in [5.41, 5.74) is 5.44. The second kappa shape index (κ2) is 8.45. The van der Waals surface area contributed by atoms with E-state index in [4.69, 9.17) is 0 Å². The van der Waals surface area contributed by atoms with Gasteiger partial charge in [-0.2, -0.15) is 11.8 Å². The van der Waals surface area contributed by atoms with E-state index in [1.165, 1.54) is 10.9 Å². The molecule has 0 aliphatic carbocycles. The Labute approximate surface area is 175 Å². The van der Waals surface area contributed by atoms with Gasteiger partial charge in [0.05, 0.1) is 6.54 Å². The summed E-state index contributed by atoms with van der Waals surface area (Å²) in [6.45, 7) is 5.24. The van der Waals surface area contributed by atoms with E-state index >= 15 is 0 Å². The Balaban J connectivity index is 1.54. The van der Waals surface area contributed by atoms with E-state index in [0.717, 1.165) is 47.7 Å². The highest BCUT2D eigenvalue weighted by Gasteiger charge is 2.29. The van der Waals surface area contributed by atoms with Crippen LogP contribution in [-0.4, -0.2) is 50.4 Å². The van der Waals surface area contributed by atoms with Gasteiger partial charge in [0.25, 0.3) is 0 Å². The number of hydrogen-bond acceptors (Lipinski definition) is 5. The maximum Gasteiger partial charge on any atom is 0.245 e. The molecule has 4 rings (SSSR count). The van der Waals surface area contributed by atoms with Crippen LogP contribution in [0.3, 0.4) is 0 Å². The Kier molecular flexibility index (Phi) is 5.76. The molecule has 1 unspecified atom stereocenters. The van der Waals surface area contributed by atoms with Crippen molar-refractivity contribution in [3.8, 4) is 0 Å². The first-order valence-corrected chi connectivity index (χ1v) is 11.4. The molecule has 0 radical (unpaired) electrons. The first-order chi connectivity index (χ1) is 14.0. The van der Waals surface area contributed by atoms with Crippen molar-refractivity contribution in [1.29, 1.82) is 0 Å². The molecule has 0 saturated carbocycles. The van der Waals surface area contributed by atoms with Crippen LogP contribution in [0.4, 0.5) is 5.95 Å². The summed E-state index contributed by atoms with van der Waals surface area (Å²) in [6.07, 6.45) is 3.68. The third kappa shape index (κ3) is 4.24. The number of benzene rings is 1. The second-order valence-electron chi connectivity index (χ2n) is 7.59. The molecule has 2 aromatic heterocycles. The summed E-state index contributed by atoms with van der Waals surface area (Å²) >= 11 is 1.74. The number of H-pyrrole nitrogens is 1. The first kappa shape index (κ1) is 19.8. The minimum absolute atomic E-state index is 0.117. The largest absolute Gasteiger partial charge is 0.357 e. The zero-order valence-corrected chi connectivity index (χ0v) is 18.0. The van der Waals surface area contributed by atoms with Crippen molar-refractivity contribution < 1.29 is 4.79 Å². The lowest BCUT2D eigenvalue weighted by Crippen LogP contribution is -2.45. The van der Waals surface area contributed by atoms with E-state index in [-0.39, 0.29) is 11.9 Å². The molecule has 29 heavy (non-hydrogen) atoms. The van der Waals surface area contributed by atoms with Gasteiger partial charge in [0, 0.05) is 34.5 Å². The topological polar surface area (TPSA) is 73.9 Å². The van der Waals surface area contributed by atoms with E-state index in [1.807, 2.05) is 30.9 Å². The molecule has 1 amide bonds. The van der Waals surface area contributed by atoms with E-state index in [9.17, 15) is 4.79 Å². The zero-order chi connectivity index (χ0) is 20.4. The zero-order valence-electron chi connectivity index (χ0n) is 17.2. The average Bonchev–Trinajstić information content (AvgIpc) is 3.07. The Bertz CT molecular complexity index is 1010. The van der Waals surface area contributed by atoms with Crippen LogP contribution in [0.15, 0.2) is 30.3 Å². The van der Waals surface area contributed by atoms with Gasteiger partial charge in [-0.05, 0) is 56.4 Å². The normalized spacial score (nSPS) is 14.7. The highest BCUT2D eigenvalue weighted by atomic mass is 32.2. The fourth-order valence-electron chi connectivity index (χ4n) is 4.04. The lowest BCUT2D eigenvalue weighted by molar-refractivity contribution is -0.133. The maximum absolute atomic E-state index is 13.4. The number of thioether (sulfide) groups is 1. The number of fused-ring (bicyclic) bond motifs is 3. The molecule has 6 nitrogen and oxygen atoms in total. The molecule has 1 aliphatic rings. The molecule has 0 bridgehead atoms. The number of hydrogen-bond donors (Lipinski definition) is 2. The van der Waals surface area contributed by atoms with Crippen molar-refractivity contribution in [2.75, 3.05) is 23.9 Å². The molecule has 0 spiro atoms. The third-order valence-electron chi connectivity index (χ3n) is 5.39. The maximum atomic E-state index is 13.4. The van der Waals surface area contributed by atoms with E-state index in [1.54, 1.807) is 11.8 Å². The fourth-order valence-corrected chi connectivity index (χ4v) is 4.51. The van der Waals surface area contributed by atoms with Crippen molar-refractivity contribution in [2.24, 2.45) is 0 Å². The SMILES string of the molecule is CSCCC(Nc1nc(C)cc(C)n1)C(=O)N1CCc2c([nH]c3ccccc23)C1. The van der Waals surface area contributed by atoms with Crippen molar-refractivity contribution >= 4 is 34.5 Å². The van der Waals surface area contributed by atoms with Gasteiger partial charge in [0.2, 0.25) is 11.9 Å². The average molecular weight is 410 g/mol. The number of aromatic nitrogens is 3. The highest BCUT2D eigenvalue weighted by molar-refractivity contribution is 7.98. The molecule has 3 aromatic rings. The summed E-state index contributed by atoms with van der Waals surface area (Å²) in [7, 11) is 0. The summed E-state index contributed by atoms with van der Waals surface area (Å²) in [5, 5.41) is 4.58. The van der Waals surface area contributed by atoms with Crippen LogP contribution in [0.5, 0.6) is 0 Å². The van der Waals surface area contributed by atoms with Crippen molar-refractivity contribution in [2.45, 2.75) is 39.3 Å². The second-order valence-corrected chi connectivity index (χ2v) is 8.58. The number of para-hydroxylation sites is 1. The van der Waals surface area contributed by atoms with Crippen LogP contribution in [0.2, 0.25) is 0 Å². The monoisotopic (exact) mass is 409 g/mol. The number of carbonyl (C=O) groups excluding carboxylic acids is 1. The molecule has 3 heterocycles. The minimum Gasteiger partial charge on any atom is -0.357 e. The van der Waals surface area contributed by atoms with Gasteiger partial charge < -0.3 is 15.2 Å². The van der Waals surface area contributed by atoms with Gasteiger partial charge in [-0.1, -0.05) is 18.2 Å². The van der Waals surface area contributed by atoms with Crippen LogP contribution < -0.4 is 5.32 Å². The van der Waals surface area contributed by atoms with E-state index in [2.05, 4.69) is 44.7 Å². The van der Waals surface area contributed by atoms with Crippen molar-refractivity contribution in [3.63, 3.8) is 0 Å². The highest BCUT2D eigenvalue weighted by Crippen LogP contribution is 2.28. The van der Waals surface area contributed by atoms with Gasteiger partial charge in [-0.3, -0.25) is 4.79 Å². The molecule has 152 valence electrons. The molecule has 1 aromatic carbocycles. The van der Waals surface area contributed by atoms with E-state index in [0.29, 0.717) is 12.5 Å². The Hall–Kier alpha value is -2.54. The Morgan fingerprint density at radius 1 is 1.28 bits per heavy atom. The quantitative estimate of drug-likeness (QED) is 0.649. The number of amides is 1. The molecule has 0 fully saturated rings. The Morgan fingerprint density at radius 2 is 2.03 bits per heavy atom. The summed E-state index contributed by atoms with van der Waals surface area (Å²) in [5.74, 6) is 1.55. The predicted octanol–water partition coefficient (Wildman–Crippen LogP) is 3.69. The number of aromatic amines is 1. The first-order valence-electron chi connectivity index (χ1n) is 10.00. The summed E-state index contributed by atoms with van der Waals surface area (Å²) in [6, 6.07) is 9.98.